The van der Waals surface area contributed by atoms with Crippen molar-refractivity contribution in [2.75, 3.05) is 7.11 Å². The maximum atomic E-state index is 10.8. The third kappa shape index (κ3) is 5.88. The second-order valence-electron chi connectivity index (χ2n) is 1.84. The van der Waals surface area contributed by atoms with Crippen LogP contribution in [0.25, 0.3) is 0 Å². The first-order valence-electron chi connectivity index (χ1n) is 2.72. The van der Waals surface area contributed by atoms with E-state index in [-0.39, 0.29) is 0 Å². The first kappa shape index (κ1) is 11.7. The topological polar surface area (TPSA) is 38.3 Å². The quantitative estimate of drug-likeness (QED) is 0.599. The van der Waals surface area contributed by atoms with Crippen LogP contribution < -0.4 is 5.09 Å². The molecule has 7 heteroatoms. The normalized spacial score (nSPS) is 14.2. The minimum atomic E-state index is -2.56. The van der Waals surface area contributed by atoms with Crippen LogP contribution in [0.3, 0.4) is 0 Å². The van der Waals surface area contributed by atoms with Gasteiger partial charge in [-0.15, -0.1) is 0 Å². The summed E-state index contributed by atoms with van der Waals surface area (Å²) in [5, 5.41) is 2.55. The average molecular weight is 236 g/mol. The predicted molar refractivity (Wildman–Crippen MR) is 50.6 cm³/mol. The molecule has 3 nitrogen and oxygen atoms in total. The molecular weight excluding hydrogens is 228 g/mol. The molecule has 0 aromatic heterocycles. The summed E-state index contributed by atoms with van der Waals surface area (Å²) in [5.41, 5.74) is 0. The lowest BCUT2D eigenvalue weighted by molar-refractivity contribution is -0.142. The number of carbonyl (C=O) groups excluding carboxylic acids is 1. The lowest BCUT2D eigenvalue weighted by atomic mass is 10.4. The second kappa shape index (κ2) is 4.63. The molecule has 66 valence electrons. The van der Waals surface area contributed by atoms with Gasteiger partial charge in [-0.05, 0) is 18.7 Å². The molecule has 0 aromatic rings. The van der Waals surface area contributed by atoms with E-state index in [1.807, 2.05) is 0 Å². The van der Waals surface area contributed by atoms with E-state index in [9.17, 15) is 4.79 Å². The number of ether oxygens (including phenoxy) is 1. The van der Waals surface area contributed by atoms with Crippen molar-refractivity contribution in [2.24, 2.45) is 0 Å². The Morgan fingerprint density at radius 1 is 1.73 bits per heavy atom. The van der Waals surface area contributed by atoms with Crippen molar-refractivity contribution >= 4 is 45.2 Å². The zero-order valence-electron chi connectivity index (χ0n) is 6.01. The fourth-order valence-corrected chi connectivity index (χ4v) is 2.36. The van der Waals surface area contributed by atoms with E-state index in [0.717, 1.165) is 0 Å². The van der Waals surface area contributed by atoms with Gasteiger partial charge in [-0.3, -0.25) is 9.88 Å². The van der Waals surface area contributed by atoms with E-state index in [0.29, 0.717) is 0 Å². The summed E-state index contributed by atoms with van der Waals surface area (Å²) in [4.78, 5) is 8.20. The van der Waals surface area contributed by atoms with Crippen molar-refractivity contribution in [1.82, 2.24) is 5.09 Å². The van der Waals surface area contributed by atoms with Gasteiger partial charge in [-0.2, -0.15) is 0 Å². The lowest BCUT2D eigenvalue weighted by Gasteiger charge is -2.13. The number of carbonyl (C=O) groups is 1. The van der Waals surface area contributed by atoms with Gasteiger partial charge in [-0.1, -0.05) is 22.5 Å². The van der Waals surface area contributed by atoms with Crippen LogP contribution in [0.5, 0.6) is 0 Å². The smallest absolute Gasteiger partial charge is 0.322 e. The highest BCUT2D eigenvalue weighted by Crippen LogP contribution is 2.52. The molecule has 0 bridgehead atoms. The number of hydrogen-bond acceptors (Lipinski definition) is 3. The molecule has 0 fully saturated rings. The third-order valence-corrected chi connectivity index (χ3v) is 2.49. The van der Waals surface area contributed by atoms with Gasteiger partial charge in [0.1, 0.15) is 6.04 Å². The van der Waals surface area contributed by atoms with Crippen LogP contribution in [0, 0.1) is 0 Å². The molecule has 0 saturated heterocycles. The van der Waals surface area contributed by atoms with Crippen molar-refractivity contribution in [2.45, 2.75) is 13.0 Å². The summed E-state index contributed by atoms with van der Waals surface area (Å²) < 4.78 is 4.41. The van der Waals surface area contributed by atoms with Crippen molar-refractivity contribution in [1.29, 1.82) is 0 Å². The van der Waals surface area contributed by atoms with Crippen LogP contribution in [0.1, 0.15) is 6.92 Å². The standard InChI is InChI=1S/C4H8Cl2NO2PS/c1-3(4(8)9-2)7-10(5,6)11/h3H,1-2H3,(H,7,11)/t3-/m1/s1. The van der Waals surface area contributed by atoms with Crippen LogP contribution in [-0.4, -0.2) is 19.1 Å². The molecule has 0 heterocycles. The third-order valence-electron chi connectivity index (χ3n) is 0.899. The van der Waals surface area contributed by atoms with E-state index in [4.69, 9.17) is 22.5 Å². The minimum absolute atomic E-state index is 0.430. The van der Waals surface area contributed by atoms with Crippen molar-refractivity contribution in [3.63, 3.8) is 0 Å². The molecule has 1 N–H and O–H groups in total. The predicted octanol–water partition coefficient (Wildman–Crippen LogP) is 1.84. The molecule has 0 aromatic carbocycles. The number of nitrogens with one attached hydrogen (secondary N) is 1. The summed E-state index contributed by atoms with van der Waals surface area (Å²) in [5.74, 6) is -0.430. The van der Waals surface area contributed by atoms with E-state index < -0.39 is 16.9 Å². The van der Waals surface area contributed by atoms with E-state index in [1.165, 1.54) is 7.11 Å². The lowest BCUT2D eigenvalue weighted by Crippen LogP contribution is -2.30. The average Bonchev–Trinajstić information content (AvgIpc) is 1.82. The largest absolute Gasteiger partial charge is 0.468 e. The number of hydrogen-bond donors (Lipinski definition) is 1. The van der Waals surface area contributed by atoms with Crippen LogP contribution >= 0.6 is 27.4 Å². The van der Waals surface area contributed by atoms with Crippen molar-refractivity contribution in [3.05, 3.63) is 0 Å². The highest BCUT2D eigenvalue weighted by atomic mass is 35.9. The van der Waals surface area contributed by atoms with Gasteiger partial charge in [0, 0.05) is 0 Å². The Morgan fingerprint density at radius 2 is 2.18 bits per heavy atom. The second-order valence-corrected chi connectivity index (χ2v) is 9.43. The highest BCUT2D eigenvalue weighted by Gasteiger charge is 2.18. The molecule has 0 aliphatic rings. The minimum Gasteiger partial charge on any atom is -0.468 e. The van der Waals surface area contributed by atoms with Crippen molar-refractivity contribution in [3.8, 4) is 0 Å². The van der Waals surface area contributed by atoms with Crippen LogP contribution in [0.4, 0.5) is 0 Å². The fourth-order valence-electron chi connectivity index (χ4n) is 0.455. The molecule has 0 saturated carbocycles. The Morgan fingerprint density at radius 3 is 2.45 bits per heavy atom. The number of esters is 1. The molecule has 0 spiro atoms. The van der Waals surface area contributed by atoms with Gasteiger partial charge >= 0.3 is 5.97 Å². The molecule has 1 atom stereocenters. The highest BCUT2D eigenvalue weighted by molar-refractivity contribution is 8.38. The Labute approximate surface area is 80.0 Å². The van der Waals surface area contributed by atoms with E-state index in [1.54, 1.807) is 6.92 Å². The van der Waals surface area contributed by atoms with Gasteiger partial charge in [0.25, 0.3) is 0 Å². The fraction of sp³-hybridized carbons (Fsp3) is 0.750. The maximum Gasteiger partial charge on any atom is 0.322 e. The van der Waals surface area contributed by atoms with E-state index in [2.05, 4.69) is 21.6 Å². The van der Waals surface area contributed by atoms with Gasteiger partial charge in [0.05, 0.1) is 7.11 Å². The molecular formula is C4H8Cl2NO2PS. The molecule has 0 aliphatic heterocycles. The van der Waals surface area contributed by atoms with Crippen molar-refractivity contribution < 1.29 is 9.53 Å². The summed E-state index contributed by atoms with van der Waals surface area (Å²) >= 11 is 15.7. The first-order chi connectivity index (χ1) is 4.87. The summed E-state index contributed by atoms with van der Waals surface area (Å²) in [6.07, 6.45) is 0. The summed E-state index contributed by atoms with van der Waals surface area (Å²) in [6, 6.07) is -0.555. The summed E-state index contributed by atoms with van der Waals surface area (Å²) in [6.45, 7) is 1.58. The van der Waals surface area contributed by atoms with Crippen LogP contribution in [0.15, 0.2) is 0 Å². The Balaban J connectivity index is 3.98. The molecule has 0 radical (unpaired) electrons. The van der Waals surface area contributed by atoms with Gasteiger partial charge in [0.15, 0.2) is 4.89 Å². The maximum absolute atomic E-state index is 10.8. The first-order valence-corrected chi connectivity index (χ1v) is 7.33. The Kier molecular flexibility index (Phi) is 4.91. The van der Waals surface area contributed by atoms with E-state index >= 15 is 0 Å². The number of halogens is 2. The van der Waals surface area contributed by atoms with Gasteiger partial charge < -0.3 is 4.74 Å². The molecule has 0 aliphatic carbocycles. The zero-order chi connectivity index (χ0) is 9.07. The number of rotatable bonds is 3. The molecule has 0 rings (SSSR count). The molecule has 11 heavy (non-hydrogen) atoms. The van der Waals surface area contributed by atoms with Gasteiger partial charge in [0.2, 0.25) is 0 Å². The molecule has 0 amide bonds. The number of methoxy groups -OCH3 is 1. The molecule has 0 unspecified atom stereocenters. The zero-order valence-corrected chi connectivity index (χ0v) is 9.23. The summed E-state index contributed by atoms with van der Waals surface area (Å²) in [7, 11) is 1.28. The van der Waals surface area contributed by atoms with Crippen LogP contribution in [-0.2, 0) is 21.3 Å². The SMILES string of the molecule is COC(=O)[C@@H](C)NP(=S)(Cl)Cl. The Bertz CT molecular complexity index is 195. The monoisotopic (exact) mass is 235 g/mol. The van der Waals surface area contributed by atoms with Gasteiger partial charge in [-0.25, -0.2) is 0 Å². The Hall–Kier alpha value is 0.660. The van der Waals surface area contributed by atoms with Crippen LogP contribution in [0.2, 0.25) is 0 Å².